The van der Waals surface area contributed by atoms with Gasteiger partial charge < -0.3 is 9.57 Å². The van der Waals surface area contributed by atoms with Crippen molar-refractivity contribution in [3.05, 3.63) is 0 Å². The molecule has 33 heavy (non-hydrogen) atoms. The van der Waals surface area contributed by atoms with E-state index in [4.69, 9.17) is 9.57 Å². The number of carbonyl (C=O) groups excluding carboxylic acids is 6. The van der Waals surface area contributed by atoms with Crippen LogP contribution in [-0.2, 0) is 38.4 Å². The number of ether oxygens (including phenoxy) is 1. The van der Waals surface area contributed by atoms with Crippen LogP contribution in [0, 0.1) is 5.41 Å². The van der Waals surface area contributed by atoms with Crippen LogP contribution in [0.5, 0.6) is 0 Å². The molecule has 0 spiro atoms. The zero-order chi connectivity index (χ0) is 24.6. The summed E-state index contributed by atoms with van der Waals surface area (Å²) in [7, 11) is 0. The van der Waals surface area contributed by atoms with Gasteiger partial charge in [0.05, 0.1) is 5.41 Å². The third kappa shape index (κ3) is 12.0. The quantitative estimate of drug-likeness (QED) is 0.428. The van der Waals surface area contributed by atoms with Crippen molar-refractivity contribution in [1.82, 2.24) is 10.1 Å². The van der Waals surface area contributed by atoms with E-state index in [0.717, 1.165) is 0 Å². The highest BCUT2D eigenvalue weighted by Crippen LogP contribution is 2.19. The summed E-state index contributed by atoms with van der Waals surface area (Å²) in [5.74, 6) is -2.53. The first kappa shape index (κ1) is 34.6. The fourth-order valence-electron chi connectivity index (χ4n) is 1.88. The molecule has 0 saturated carbocycles. The Balaban J connectivity index is -0.000000481. The molecule has 0 bridgehead atoms. The second-order valence-electron chi connectivity index (χ2n) is 8.35. The third-order valence-corrected chi connectivity index (χ3v) is 3.35. The van der Waals surface area contributed by atoms with Crippen molar-refractivity contribution in [2.24, 2.45) is 5.41 Å². The Morgan fingerprint density at radius 1 is 0.667 bits per heavy atom. The van der Waals surface area contributed by atoms with E-state index in [9.17, 15) is 28.8 Å². The van der Waals surface area contributed by atoms with E-state index < -0.39 is 46.8 Å². The molecule has 0 aliphatic carbocycles. The summed E-state index contributed by atoms with van der Waals surface area (Å²) in [6.45, 7) is 13.9. The van der Waals surface area contributed by atoms with Crippen LogP contribution in [0.1, 0.15) is 95.9 Å². The van der Waals surface area contributed by atoms with Crippen LogP contribution in [0.2, 0.25) is 0 Å². The van der Waals surface area contributed by atoms with Crippen LogP contribution in [0.15, 0.2) is 0 Å². The fraction of sp³-hybridized carbons (Fsp3) is 0.727. The van der Waals surface area contributed by atoms with Crippen molar-refractivity contribution in [3.63, 3.8) is 0 Å². The first-order chi connectivity index (χ1) is 14.1. The SMILES string of the molecule is C.C.CC.CC(C)(C)C(=O)ON1C(=O)CCC1=O.CC(C)(C)OC(=O)ON1C(=O)CCC1=O. The van der Waals surface area contributed by atoms with Gasteiger partial charge >= 0.3 is 12.1 Å². The molecule has 0 N–H and O–H groups in total. The smallest absolute Gasteiger partial charge is 0.427 e. The van der Waals surface area contributed by atoms with E-state index in [0.29, 0.717) is 10.1 Å². The lowest BCUT2D eigenvalue weighted by atomic mass is 9.98. The monoisotopic (exact) mass is 476 g/mol. The molecule has 0 aromatic carbocycles. The summed E-state index contributed by atoms with van der Waals surface area (Å²) in [6.07, 6.45) is -0.665. The van der Waals surface area contributed by atoms with E-state index in [1.165, 1.54) is 0 Å². The van der Waals surface area contributed by atoms with E-state index in [1.807, 2.05) is 13.8 Å². The van der Waals surface area contributed by atoms with E-state index >= 15 is 0 Å². The predicted molar refractivity (Wildman–Crippen MR) is 120 cm³/mol. The van der Waals surface area contributed by atoms with E-state index in [1.54, 1.807) is 41.5 Å². The molecule has 0 unspecified atom stereocenters. The Hall–Kier alpha value is -2.98. The summed E-state index contributed by atoms with van der Waals surface area (Å²) in [6, 6.07) is 0. The maximum Gasteiger partial charge on any atom is 0.534 e. The molecule has 0 radical (unpaired) electrons. The van der Waals surface area contributed by atoms with Crippen molar-refractivity contribution < 1.29 is 43.2 Å². The molecule has 2 aliphatic heterocycles. The van der Waals surface area contributed by atoms with E-state index in [-0.39, 0.29) is 40.5 Å². The third-order valence-electron chi connectivity index (χ3n) is 3.35. The second-order valence-corrected chi connectivity index (χ2v) is 8.35. The van der Waals surface area contributed by atoms with Crippen LogP contribution >= 0.6 is 0 Å². The molecule has 0 aromatic rings. The van der Waals surface area contributed by atoms with E-state index in [2.05, 4.69) is 4.84 Å². The minimum atomic E-state index is -1.05. The molecular formula is C22H40N2O9. The number of rotatable bonds is 2. The lowest BCUT2D eigenvalue weighted by Gasteiger charge is -2.20. The molecule has 11 nitrogen and oxygen atoms in total. The summed E-state index contributed by atoms with van der Waals surface area (Å²) in [5, 5.41) is 1.02. The highest BCUT2D eigenvalue weighted by Gasteiger charge is 2.36. The molecule has 2 fully saturated rings. The summed E-state index contributed by atoms with van der Waals surface area (Å²) < 4.78 is 4.79. The number of hydroxylamine groups is 4. The maximum atomic E-state index is 11.3. The minimum absolute atomic E-state index is 0. The average Bonchev–Trinajstić information content (AvgIpc) is 3.12. The van der Waals surface area contributed by atoms with Gasteiger partial charge in [-0.3, -0.25) is 24.0 Å². The molecule has 4 amide bonds. The van der Waals surface area contributed by atoms with Gasteiger partial charge in [-0.05, 0) is 41.5 Å². The molecule has 0 atom stereocenters. The first-order valence-corrected chi connectivity index (χ1v) is 9.97. The summed E-state index contributed by atoms with van der Waals surface area (Å²) in [4.78, 5) is 75.9. The fourth-order valence-corrected chi connectivity index (χ4v) is 1.88. The molecule has 2 aliphatic rings. The predicted octanol–water partition coefficient (Wildman–Crippen LogP) is 3.94. The number of carbonyl (C=O) groups is 6. The van der Waals surface area contributed by atoms with Gasteiger partial charge in [0.2, 0.25) is 0 Å². The highest BCUT2D eigenvalue weighted by atomic mass is 16.8. The van der Waals surface area contributed by atoms with Gasteiger partial charge in [0.25, 0.3) is 23.6 Å². The molecule has 0 aromatic heterocycles. The van der Waals surface area contributed by atoms with Gasteiger partial charge in [-0.1, -0.05) is 33.8 Å². The molecule has 11 heteroatoms. The standard InChI is InChI=1S/C9H13NO5.C9H13NO4.C2H6.2CH4/c1-9(2,3)14-8(13)15-10-6(11)4-5-7(10)12;1-9(2,3)8(13)14-10-6(11)4-5-7(10)12;1-2;;/h4-5H2,1-3H3;4-5H2,1-3H3;1-2H3;2*1H4. The zero-order valence-corrected chi connectivity index (χ0v) is 19.4. The van der Waals surface area contributed by atoms with Gasteiger partial charge in [0.1, 0.15) is 5.60 Å². The molecule has 192 valence electrons. The number of amides is 4. The van der Waals surface area contributed by atoms with Gasteiger partial charge in [-0.15, -0.1) is 5.06 Å². The number of hydrogen-bond acceptors (Lipinski definition) is 9. The van der Waals surface area contributed by atoms with Gasteiger partial charge in [0, 0.05) is 25.7 Å². The Labute approximate surface area is 196 Å². The molecule has 2 heterocycles. The van der Waals surface area contributed by atoms with Crippen LogP contribution in [0.3, 0.4) is 0 Å². The van der Waals surface area contributed by atoms with Gasteiger partial charge in [-0.2, -0.15) is 0 Å². The van der Waals surface area contributed by atoms with Crippen LogP contribution in [-0.4, -0.2) is 51.5 Å². The maximum absolute atomic E-state index is 11.3. The normalized spacial score (nSPS) is 15.3. The van der Waals surface area contributed by atoms with Crippen molar-refractivity contribution >= 4 is 35.8 Å². The van der Waals surface area contributed by atoms with Crippen molar-refractivity contribution in [1.29, 1.82) is 0 Å². The number of nitrogens with zero attached hydrogens (tertiary/aromatic N) is 2. The van der Waals surface area contributed by atoms with Crippen molar-refractivity contribution in [2.75, 3.05) is 0 Å². The minimum Gasteiger partial charge on any atom is -0.427 e. The Kier molecular flexibility index (Phi) is 14.9. The Morgan fingerprint density at radius 3 is 1.24 bits per heavy atom. The zero-order valence-electron chi connectivity index (χ0n) is 19.4. The van der Waals surface area contributed by atoms with Crippen molar-refractivity contribution in [2.45, 2.75) is 102 Å². The lowest BCUT2D eigenvalue weighted by Crippen LogP contribution is -2.36. The van der Waals surface area contributed by atoms with Crippen LogP contribution in [0.4, 0.5) is 4.79 Å². The topological polar surface area (TPSA) is 137 Å². The average molecular weight is 477 g/mol. The summed E-state index contributed by atoms with van der Waals surface area (Å²) in [5.41, 5.74) is -1.44. The molecule has 2 saturated heterocycles. The Morgan fingerprint density at radius 2 is 0.970 bits per heavy atom. The summed E-state index contributed by atoms with van der Waals surface area (Å²) >= 11 is 0. The largest absolute Gasteiger partial charge is 0.534 e. The first-order valence-electron chi connectivity index (χ1n) is 9.97. The lowest BCUT2D eigenvalue weighted by molar-refractivity contribution is -0.203. The molecule has 2 rings (SSSR count). The van der Waals surface area contributed by atoms with Crippen LogP contribution in [0.25, 0.3) is 0 Å². The Bertz CT molecular complexity index is 686. The van der Waals surface area contributed by atoms with Crippen LogP contribution < -0.4 is 0 Å². The van der Waals surface area contributed by atoms with Gasteiger partial charge in [0.15, 0.2) is 0 Å². The molecular weight excluding hydrogens is 436 g/mol. The number of hydrogen-bond donors (Lipinski definition) is 0. The van der Waals surface area contributed by atoms with Gasteiger partial charge in [-0.25, -0.2) is 9.59 Å². The highest BCUT2D eigenvalue weighted by molar-refractivity contribution is 6.02. The second kappa shape index (κ2) is 14.2. The van der Waals surface area contributed by atoms with Crippen molar-refractivity contribution in [3.8, 4) is 0 Å². The number of imide groups is 2.